The summed E-state index contributed by atoms with van der Waals surface area (Å²) in [7, 11) is 0. The lowest BCUT2D eigenvalue weighted by Crippen LogP contribution is -2.68. The van der Waals surface area contributed by atoms with E-state index in [1.165, 1.54) is 48.5 Å². The van der Waals surface area contributed by atoms with E-state index in [9.17, 15) is 107 Å². The molecule has 21 saturated heterocycles. The van der Waals surface area contributed by atoms with Gasteiger partial charge in [0.2, 0.25) is 0 Å². The number of ether oxygens (including phenoxy) is 21. The molecule has 0 saturated carbocycles. The zero-order valence-corrected chi connectivity index (χ0v) is 59.1. The topological polar surface area (TPSA) is 619 Å². The van der Waals surface area contributed by atoms with Gasteiger partial charge in [0.05, 0.1) is 135 Å². The van der Waals surface area contributed by atoms with Crippen molar-refractivity contribution >= 4 is 0 Å². The lowest BCUT2D eigenvalue weighted by molar-refractivity contribution is -0.398. The fourth-order valence-corrected chi connectivity index (χ4v) is 12.8. The summed E-state index contributed by atoms with van der Waals surface area (Å²) in [4.78, 5) is 0. The monoisotopic (exact) mass is 1540 g/mol. The van der Waals surface area contributed by atoms with Gasteiger partial charge in [-0.05, 0) is 48.5 Å². The van der Waals surface area contributed by atoms with Crippen LogP contribution in [-0.2, 0) is 99.5 Å². The molecule has 21 N–H and O–H groups in total. The minimum Gasteiger partial charge on any atom is -0.391 e. The van der Waals surface area contributed by atoms with Crippen LogP contribution in [0.4, 0.5) is 0 Å². The van der Waals surface area contributed by atoms with E-state index in [2.05, 4.69) is 0 Å². The Labute approximate surface area is 603 Å². The average Bonchev–Trinajstić information content (AvgIpc) is 0.960. The van der Waals surface area contributed by atoms with Crippen LogP contribution in [0.3, 0.4) is 0 Å². The van der Waals surface area contributed by atoms with Gasteiger partial charge in [-0.15, -0.1) is 0 Å². The predicted molar refractivity (Wildman–Crippen MR) is 336 cm³/mol. The smallest absolute Gasteiger partial charge is 0.187 e. The average molecular weight is 1540 g/mol. The van der Waals surface area contributed by atoms with Crippen LogP contribution in [0.25, 0.3) is 0 Å². The number of aliphatic hydroxyl groups excluding tert-OH is 21. The van der Waals surface area contributed by atoms with E-state index in [-0.39, 0.29) is 46.2 Å². The first kappa shape index (κ1) is 88.9. The summed E-state index contributed by atoms with van der Waals surface area (Å²) in [5.41, 5.74) is 0. The molecule has 21 rings (SSSR count). The SMILES string of the molecule is CC(O)COCC1O[C@@H]2O[C@@H]3C(COCC(C)O)O[C@H](O[C@@H]4C(COCC(C)O)O[C@H](O[C@@H]5C(COCC(C)O)O[C@@H](O[C@@H]6C(COCC(C)O)O[C@H](O[C@@H]7C(COCC(C)O)O[C@H](O[C@@H]8C(COCC(C)O)O[C@H](O[C@H]1C(O)C2O)C(O)C8O)C(O)C7O)C(O)C6O)C(O)C5O)C(O)C4O)C(O)C3O. The molecule has 21 fully saturated rings. The predicted octanol–water partition coefficient (Wildman–Crippen LogP) is -12.4. The molecular weight excluding hydrogens is 1430 g/mol. The van der Waals surface area contributed by atoms with Crippen LogP contribution in [0.15, 0.2) is 0 Å². The summed E-state index contributed by atoms with van der Waals surface area (Å²) in [6, 6.07) is 0. The van der Waals surface area contributed by atoms with Gasteiger partial charge >= 0.3 is 0 Å². The molecule has 616 valence electrons. The normalized spacial score (nSPS) is 46.0. The minimum absolute atomic E-state index is 0.379. The highest BCUT2D eigenvalue weighted by molar-refractivity contribution is 5.02. The van der Waals surface area contributed by atoms with E-state index < -0.39 is 304 Å². The molecule has 28 unspecified atom stereocenters. The van der Waals surface area contributed by atoms with Crippen molar-refractivity contribution in [1.82, 2.24) is 0 Å². The third-order valence-corrected chi connectivity index (χ3v) is 18.0. The van der Waals surface area contributed by atoms with Crippen LogP contribution < -0.4 is 0 Å². The van der Waals surface area contributed by atoms with Gasteiger partial charge in [-0.2, -0.15) is 0 Å². The summed E-state index contributed by atoms with van der Waals surface area (Å²) in [5.74, 6) is 0. The Kier molecular flexibility index (Phi) is 35.0. The molecule has 0 aromatic carbocycles. The summed E-state index contributed by atoms with van der Waals surface area (Å²) in [6.45, 7) is 2.51. The number of hydrogen-bond acceptors (Lipinski definition) is 42. The van der Waals surface area contributed by atoms with Crippen molar-refractivity contribution in [3.05, 3.63) is 0 Å². The highest BCUT2D eigenvalue weighted by atomic mass is 16.8. The highest BCUT2D eigenvalue weighted by Crippen LogP contribution is 2.40. The highest BCUT2D eigenvalue weighted by Gasteiger charge is 2.60. The van der Waals surface area contributed by atoms with Gasteiger partial charge in [-0.1, -0.05) is 0 Å². The van der Waals surface area contributed by atoms with E-state index >= 15 is 0 Å². The molecule has 0 amide bonds. The van der Waals surface area contributed by atoms with Crippen molar-refractivity contribution in [2.75, 3.05) is 92.5 Å². The van der Waals surface area contributed by atoms with Gasteiger partial charge < -0.3 is 207 Å². The lowest BCUT2D eigenvalue weighted by Gasteiger charge is -2.50. The third-order valence-electron chi connectivity index (χ3n) is 18.0. The maximum Gasteiger partial charge on any atom is 0.187 e. The molecule has 21 heterocycles. The van der Waals surface area contributed by atoms with Gasteiger partial charge in [0.1, 0.15) is 171 Å². The molecule has 0 aromatic heterocycles. The van der Waals surface area contributed by atoms with E-state index in [0.29, 0.717) is 0 Å². The largest absolute Gasteiger partial charge is 0.391 e. The van der Waals surface area contributed by atoms with E-state index in [0.717, 1.165) is 0 Å². The van der Waals surface area contributed by atoms with E-state index in [4.69, 9.17) is 99.5 Å². The minimum atomic E-state index is -2.24. The molecule has 21 aliphatic rings. The molecule has 14 bridgehead atoms. The Hall–Kier alpha value is -1.68. The van der Waals surface area contributed by atoms with E-state index in [1.807, 2.05) is 0 Å². The Balaban J connectivity index is 1.20. The van der Waals surface area contributed by atoms with Crippen LogP contribution in [-0.4, -0.2) is 457 Å². The van der Waals surface area contributed by atoms with Crippen LogP contribution in [0, 0.1) is 0 Å². The molecule has 42 nitrogen and oxygen atoms in total. The van der Waals surface area contributed by atoms with Crippen LogP contribution in [0.5, 0.6) is 0 Å². The molecule has 0 aliphatic carbocycles. The quantitative estimate of drug-likeness (QED) is 0.0346. The maximum atomic E-state index is 12.1. The van der Waals surface area contributed by atoms with E-state index in [1.54, 1.807) is 0 Å². The zero-order valence-electron chi connectivity index (χ0n) is 59.1. The maximum absolute atomic E-state index is 12.1. The number of hydrogen-bond donors (Lipinski definition) is 21. The second kappa shape index (κ2) is 41.4. The van der Waals surface area contributed by atoms with Gasteiger partial charge in [-0.3, -0.25) is 0 Å². The third kappa shape index (κ3) is 23.7. The van der Waals surface area contributed by atoms with Gasteiger partial charge in [-0.25, -0.2) is 0 Å². The second-order valence-corrected chi connectivity index (χ2v) is 28.1. The van der Waals surface area contributed by atoms with Gasteiger partial charge in [0.15, 0.2) is 44.0 Å². The Bertz CT molecular complexity index is 2000. The van der Waals surface area contributed by atoms with Gasteiger partial charge in [0, 0.05) is 0 Å². The van der Waals surface area contributed by atoms with Crippen molar-refractivity contribution in [2.24, 2.45) is 0 Å². The molecule has 0 spiro atoms. The van der Waals surface area contributed by atoms with Crippen molar-refractivity contribution in [1.29, 1.82) is 0 Å². The number of aliphatic hydroxyl groups is 21. The first-order chi connectivity index (χ1) is 49.6. The van der Waals surface area contributed by atoms with Crippen molar-refractivity contribution in [3.63, 3.8) is 0 Å². The first-order valence-electron chi connectivity index (χ1n) is 35.2. The molecule has 42 atom stereocenters. The Morgan fingerprint density at radius 1 is 0.181 bits per heavy atom. The van der Waals surface area contributed by atoms with Crippen molar-refractivity contribution < 1.29 is 207 Å². The zero-order chi connectivity index (χ0) is 77.0. The second-order valence-electron chi connectivity index (χ2n) is 28.1. The summed E-state index contributed by atoms with van der Waals surface area (Å²) < 4.78 is 126. The summed E-state index contributed by atoms with van der Waals surface area (Å²) >= 11 is 0. The summed E-state index contributed by atoms with van der Waals surface area (Å²) in [6.07, 6.45) is -78.0. The fraction of sp³-hybridized carbons (Fsp3) is 1.00. The number of rotatable bonds is 28. The van der Waals surface area contributed by atoms with Crippen LogP contribution in [0.1, 0.15) is 48.5 Å². The molecule has 0 radical (unpaired) electrons. The fourth-order valence-electron chi connectivity index (χ4n) is 12.8. The molecule has 0 aromatic rings. The Morgan fingerprint density at radius 2 is 0.286 bits per heavy atom. The standard InChI is InChI=1S/C63H112O42/c1-22(64)8-85-15-29-50-36(71)43(78)57(92-29)100-51-30(16-86-9-23(2)65)94-59(45(80)38(51)73)102-53-32(18-88-11-25(4)67)96-61(47(82)40(53)75)104-55-34(20-90-13-27(6)69)98-63(49(84)42(55)77)105-56-35(21-91-14-28(7)70)97-62(48(83)41(56)76)103-54-33(19-89-12-26(5)68)95-60(46(81)39(54)74)101-52-31(17-87-10-24(3)66)93-58(99-50)44(79)37(52)72/h22-84H,8-21H2,1-7H3/t22?,23?,24?,25?,26?,27?,28?,29?,30?,31?,32?,33?,34?,35?,36?,37?,38?,39?,40?,41?,42?,43?,44?,45?,46?,47?,48?,49?,50-,51-,52-,53-,54-,55-,56-,57-,58-,59-,60-,61-,62-,63+/m1/s1. The van der Waals surface area contributed by atoms with Crippen LogP contribution in [0.2, 0.25) is 0 Å². The first-order valence-corrected chi connectivity index (χ1v) is 35.2. The Morgan fingerprint density at radius 3 is 0.381 bits per heavy atom. The lowest BCUT2D eigenvalue weighted by atomic mass is 9.95. The summed E-state index contributed by atoms with van der Waals surface area (Å²) in [5, 5.41) is 240. The molecule has 21 aliphatic heterocycles. The van der Waals surface area contributed by atoms with Crippen molar-refractivity contribution in [2.45, 2.75) is 306 Å². The van der Waals surface area contributed by atoms with Crippen LogP contribution >= 0.6 is 0 Å². The molecule has 42 heteroatoms. The molecular formula is C63H112O42. The van der Waals surface area contributed by atoms with Crippen molar-refractivity contribution in [3.8, 4) is 0 Å². The van der Waals surface area contributed by atoms with Gasteiger partial charge in [0.25, 0.3) is 0 Å². The molecule has 105 heavy (non-hydrogen) atoms.